The summed E-state index contributed by atoms with van der Waals surface area (Å²) in [4.78, 5) is 11.6. The number of H-pyrrole nitrogens is 1. The Hall–Kier alpha value is -1.36. The van der Waals surface area contributed by atoms with Crippen LogP contribution in [0, 0.1) is 5.92 Å². The van der Waals surface area contributed by atoms with E-state index in [1.165, 1.54) is 6.42 Å². The SMILES string of the molecule is O=C(NC1C2CNC1C2)c1ccn[nH]1. The number of carbonyl (C=O) groups excluding carboxylic acids is 1. The van der Waals surface area contributed by atoms with Crippen LogP contribution in [0.2, 0.25) is 0 Å². The van der Waals surface area contributed by atoms with Gasteiger partial charge in [0.25, 0.3) is 5.91 Å². The summed E-state index contributed by atoms with van der Waals surface area (Å²) in [6.07, 6.45) is 2.79. The maximum absolute atomic E-state index is 11.6. The zero-order valence-electron chi connectivity index (χ0n) is 7.66. The Balaban J connectivity index is 1.66. The van der Waals surface area contributed by atoms with E-state index < -0.39 is 0 Å². The van der Waals surface area contributed by atoms with Crippen molar-refractivity contribution in [3.63, 3.8) is 0 Å². The van der Waals surface area contributed by atoms with Crippen LogP contribution < -0.4 is 10.6 Å². The summed E-state index contributed by atoms with van der Waals surface area (Å²) in [7, 11) is 0. The predicted octanol–water partition coefficient (Wildman–Crippen LogP) is -0.500. The number of aromatic amines is 1. The van der Waals surface area contributed by atoms with Crippen LogP contribution in [-0.2, 0) is 0 Å². The Morgan fingerprint density at radius 1 is 1.64 bits per heavy atom. The van der Waals surface area contributed by atoms with Crippen molar-refractivity contribution in [1.29, 1.82) is 0 Å². The molecule has 5 nitrogen and oxygen atoms in total. The van der Waals surface area contributed by atoms with Crippen LogP contribution in [0.5, 0.6) is 0 Å². The van der Waals surface area contributed by atoms with Gasteiger partial charge in [0.05, 0.1) is 0 Å². The third kappa shape index (κ3) is 1.05. The summed E-state index contributed by atoms with van der Waals surface area (Å²) in [5.74, 6) is 0.581. The number of fused-ring (bicyclic) bond motifs is 1. The fourth-order valence-corrected chi connectivity index (χ4v) is 2.31. The minimum Gasteiger partial charge on any atom is -0.346 e. The third-order valence-electron chi connectivity index (χ3n) is 3.18. The molecule has 2 bridgehead atoms. The lowest BCUT2D eigenvalue weighted by Gasteiger charge is -2.34. The largest absolute Gasteiger partial charge is 0.346 e. The lowest BCUT2D eigenvalue weighted by Crippen LogP contribution is -2.54. The first-order valence-electron chi connectivity index (χ1n) is 4.88. The minimum absolute atomic E-state index is 0.0501. The monoisotopic (exact) mass is 192 g/mol. The molecule has 0 aromatic carbocycles. The Bertz CT molecular complexity index is 334. The molecule has 3 unspecified atom stereocenters. The van der Waals surface area contributed by atoms with Crippen LogP contribution in [0.1, 0.15) is 16.9 Å². The molecule has 4 rings (SSSR count). The maximum Gasteiger partial charge on any atom is 0.269 e. The van der Waals surface area contributed by atoms with E-state index in [1.54, 1.807) is 12.3 Å². The van der Waals surface area contributed by atoms with Crippen molar-refractivity contribution < 1.29 is 4.79 Å². The van der Waals surface area contributed by atoms with Crippen molar-refractivity contribution in [2.45, 2.75) is 18.5 Å². The normalized spacial score (nSPS) is 33.9. The molecule has 1 amide bonds. The van der Waals surface area contributed by atoms with Crippen molar-refractivity contribution in [2.75, 3.05) is 6.54 Å². The summed E-state index contributed by atoms with van der Waals surface area (Å²) in [5.41, 5.74) is 0.538. The van der Waals surface area contributed by atoms with Gasteiger partial charge in [-0.2, -0.15) is 5.10 Å². The predicted molar refractivity (Wildman–Crippen MR) is 49.7 cm³/mol. The molecular weight excluding hydrogens is 180 g/mol. The number of hydrogen-bond acceptors (Lipinski definition) is 3. The van der Waals surface area contributed by atoms with Crippen LogP contribution in [0.15, 0.2) is 12.3 Å². The average molecular weight is 192 g/mol. The molecule has 74 valence electrons. The van der Waals surface area contributed by atoms with E-state index in [1.807, 2.05) is 0 Å². The molecule has 3 fully saturated rings. The fraction of sp³-hybridized carbons (Fsp3) is 0.556. The van der Waals surface area contributed by atoms with Gasteiger partial charge in [-0.3, -0.25) is 9.89 Å². The summed E-state index contributed by atoms with van der Waals surface area (Å²) in [6, 6.07) is 2.50. The summed E-state index contributed by atoms with van der Waals surface area (Å²) in [5, 5.41) is 12.8. The first-order valence-corrected chi connectivity index (χ1v) is 4.88. The molecule has 2 aliphatic heterocycles. The number of nitrogens with one attached hydrogen (secondary N) is 3. The van der Waals surface area contributed by atoms with E-state index in [9.17, 15) is 4.79 Å². The van der Waals surface area contributed by atoms with Crippen LogP contribution in [0.4, 0.5) is 0 Å². The zero-order chi connectivity index (χ0) is 9.54. The van der Waals surface area contributed by atoms with Crippen LogP contribution >= 0.6 is 0 Å². The molecule has 0 spiro atoms. The summed E-state index contributed by atoms with van der Waals surface area (Å²) >= 11 is 0. The van der Waals surface area contributed by atoms with E-state index in [2.05, 4.69) is 20.8 Å². The molecule has 1 aliphatic carbocycles. The van der Waals surface area contributed by atoms with Crippen molar-refractivity contribution >= 4 is 5.91 Å². The molecule has 1 aromatic heterocycles. The van der Waals surface area contributed by atoms with Gasteiger partial charge in [0.1, 0.15) is 5.69 Å². The van der Waals surface area contributed by atoms with Gasteiger partial charge in [-0.05, 0) is 18.4 Å². The van der Waals surface area contributed by atoms with E-state index in [-0.39, 0.29) is 5.91 Å². The zero-order valence-corrected chi connectivity index (χ0v) is 7.66. The van der Waals surface area contributed by atoms with Gasteiger partial charge < -0.3 is 10.6 Å². The second kappa shape index (κ2) is 2.81. The topological polar surface area (TPSA) is 69.8 Å². The standard InChI is InChI=1S/C9H12N4O/c14-9(6-1-2-11-13-6)12-8-5-3-7(8)10-4-5/h1-2,5,7-8,10H,3-4H2,(H,11,13)(H,12,14). The number of aromatic nitrogens is 2. The first-order chi connectivity index (χ1) is 6.84. The quantitative estimate of drug-likeness (QED) is 0.591. The van der Waals surface area contributed by atoms with Gasteiger partial charge in [0.2, 0.25) is 0 Å². The number of rotatable bonds is 2. The van der Waals surface area contributed by atoms with Crippen LogP contribution in [-0.4, -0.2) is 34.7 Å². The van der Waals surface area contributed by atoms with Crippen molar-refractivity contribution in [2.24, 2.45) is 5.92 Å². The van der Waals surface area contributed by atoms with Crippen LogP contribution in [0.25, 0.3) is 0 Å². The molecule has 1 aromatic rings. The highest BCUT2D eigenvalue weighted by molar-refractivity contribution is 5.92. The summed E-state index contributed by atoms with van der Waals surface area (Å²) < 4.78 is 0. The maximum atomic E-state index is 11.6. The lowest BCUT2D eigenvalue weighted by atomic mass is 9.80. The number of nitrogens with zero attached hydrogens (tertiary/aromatic N) is 1. The Morgan fingerprint density at radius 3 is 3.14 bits per heavy atom. The highest BCUT2D eigenvalue weighted by Gasteiger charge is 2.47. The number of carbonyl (C=O) groups is 1. The third-order valence-corrected chi connectivity index (χ3v) is 3.18. The number of amides is 1. The van der Waals surface area contributed by atoms with Gasteiger partial charge in [0.15, 0.2) is 0 Å². The van der Waals surface area contributed by atoms with Gasteiger partial charge in [-0.1, -0.05) is 0 Å². The Kier molecular flexibility index (Phi) is 1.61. The number of hydrogen-bond donors (Lipinski definition) is 3. The van der Waals surface area contributed by atoms with Crippen molar-refractivity contribution in [3.05, 3.63) is 18.0 Å². The molecule has 3 atom stereocenters. The molecule has 5 heteroatoms. The van der Waals surface area contributed by atoms with Gasteiger partial charge in [-0.15, -0.1) is 0 Å². The first kappa shape index (κ1) is 7.99. The van der Waals surface area contributed by atoms with Crippen molar-refractivity contribution in [3.8, 4) is 0 Å². The smallest absolute Gasteiger partial charge is 0.269 e. The van der Waals surface area contributed by atoms with Crippen molar-refractivity contribution in [1.82, 2.24) is 20.8 Å². The Morgan fingerprint density at radius 2 is 2.57 bits per heavy atom. The molecule has 14 heavy (non-hydrogen) atoms. The molecular formula is C9H12N4O. The molecule has 1 saturated carbocycles. The fourth-order valence-electron chi connectivity index (χ4n) is 2.31. The molecule has 3 heterocycles. The van der Waals surface area contributed by atoms with Gasteiger partial charge in [0, 0.05) is 24.8 Å². The molecule has 3 aliphatic rings. The van der Waals surface area contributed by atoms with E-state index in [4.69, 9.17) is 0 Å². The minimum atomic E-state index is -0.0501. The van der Waals surface area contributed by atoms with E-state index in [0.717, 1.165) is 6.54 Å². The second-order valence-electron chi connectivity index (χ2n) is 3.98. The van der Waals surface area contributed by atoms with E-state index in [0.29, 0.717) is 23.7 Å². The molecule has 2 saturated heterocycles. The highest BCUT2D eigenvalue weighted by atomic mass is 16.2. The highest BCUT2D eigenvalue weighted by Crippen LogP contribution is 2.33. The molecule has 3 N–H and O–H groups in total. The lowest BCUT2D eigenvalue weighted by molar-refractivity contribution is 0.0886. The van der Waals surface area contributed by atoms with E-state index >= 15 is 0 Å². The Labute approximate surface area is 81.3 Å². The molecule has 0 radical (unpaired) electrons. The van der Waals surface area contributed by atoms with Crippen LogP contribution in [0.3, 0.4) is 0 Å². The second-order valence-corrected chi connectivity index (χ2v) is 3.98. The van der Waals surface area contributed by atoms with Gasteiger partial charge in [-0.25, -0.2) is 0 Å². The average Bonchev–Trinajstić information content (AvgIpc) is 2.85. The summed E-state index contributed by atoms with van der Waals surface area (Å²) in [6.45, 7) is 1.04. The van der Waals surface area contributed by atoms with Gasteiger partial charge >= 0.3 is 0 Å².